The number of ketones is 1. The maximum absolute atomic E-state index is 13.4. The molecule has 8 heteroatoms. The third kappa shape index (κ3) is 3.36. The largest absolute Gasteiger partial charge is 0.503 e. The molecule has 1 N–H and O–H groups in total. The lowest BCUT2D eigenvalue weighted by atomic mass is 9.92. The highest BCUT2D eigenvalue weighted by atomic mass is 35.5. The summed E-state index contributed by atoms with van der Waals surface area (Å²) in [7, 11) is 1.55. The van der Waals surface area contributed by atoms with E-state index in [0.717, 1.165) is 5.56 Å². The number of amides is 1. The molecule has 3 aromatic rings. The molecule has 1 aliphatic heterocycles. The van der Waals surface area contributed by atoms with E-state index in [2.05, 4.69) is 4.98 Å². The van der Waals surface area contributed by atoms with E-state index in [-0.39, 0.29) is 5.57 Å². The van der Waals surface area contributed by atoms with Crippen molar-refractivity contribution in [3.05, 3.63) is 87.1 Å². The molecule has 0 saturated heterocycles. The van der Waals surface area contributed by atoms with Crippen molar-refractivity contribution in [2.75, 3.05) is 12.0 Å². The van der Waals surface area contributed by atoms with Gasteiger partial charge < -0.3 is 9.84 Å². The number of aromatic nitrogens is 1. The molecule has 0 aliphatic carbocycles. The van der Waals surface area contributed by atoms with Crippen molar-refractivity contribution in [3.8, 4) is 5.75 Å². The SMILES string of the molecule is COc1ccc(C(=O)C2=C(O)C(=O)N(c3nccs3)C2c2ccc(Cl)cc2)cc1C. The standard InChI is InChI=1S/C22H17ClN2O4S/c1-12-11-14(5-8-16(12)29-2)19(26)17-18(13-3-6-15(23)7-4-13)25(21(28)20(17)27)22-24-9-10-30-22/h3-11,18,27H,1-2H3. The van der Waals surface area contributed by atoms with E-state index in [9.17, 15) is 14.7 Å². The topological polar surface area (TPSA) is 79.7 Å². The molecule has 0 radical (unpaired) electrons. The number of aryl methyl sites for hydroxylation is 1. The lowest BCUT2D eigenvalue weighted by Crippen LogP contribution is -2.30. The molecule has 1 aliphatic rings. The van der Waals surface area contributed by atoms with Crippen LogP contribution in [0.1, 0.15) is 27.5 Å². The number of benzene rings is 2. The van der Waals surface area contributed by atoms with E-state index in [1.54, 1.807) is 61.2 Å². The molecule has 1 aromatic heterocycles. The minimum Gasteiger partial charge on any atom is -0.503 e. The number of nitrogens with zero attached hydrogens (tertiary/aromatic N) is 2. The first kappa shape index (κ1) is 20.1. The number of methoxy groups -OCH3 is 1. The number of carbonyl (C=O) groups is 2. The molecule has 2 heterocycles. The van der Waals surface area contributed by atoms with Gasteiger partial charge in [-0.1, -0.05) is 23.7 Å². The van der Waals surface area contributed by atoms with E-state index in [4.69, 9.17) is 16.3 Å². The number of hydrogen-bond acceptors (Lipinski definition) is 6. The second-order valence-electron chi connectivity index (χ2n) is 6.72. The molecule has 1 unspecified atom stereocenters. The Morgan fingerprint density at radius 2 is 1.97 bits per heavy atom. The van der Waals surface area contributed by atoms with Crippen LogP contribution in [0, 0.1) is 6.92 Å². The Morgan fingerprint density at radius 1 is 1.23 bits per heavy atom. The summed E-state index contributed by atoms with van der Waals surface area (Å²) < 4.78 is 5.26. The van der Waals surface area contributed by atoms with Crippen LogP contribution < -0.4 is 9.64 Å². The van der Waals surface area contributed by atoms with E-state index in [1.807, 2.05) is 6.92 Å². The van der Waals surface area contributed by atoms with E-state index < -0.39 is 23.5 Å². The summed E-state index contributed by atoms with van der Waals surface area (Å²) in [5.41, 5.74) is 1.76. The lowest BCUT2D eigenvalue weighted by molar-refractivity contribution is -0.117. The Labute approximate surface area is 182 Å². The molecule has 6 nitrogen and oxygen atoms in total. The molecule has 4 rings (SSSR count). The highest BCUT2D eigenvalue weighted by Crippen LogP contribution is 2.42. The predicted octanol–water partition coefficient (Wildman–Crippen LogP) is 4.90. The molecule has 0 saturated carbocycles. The molecular formula is C22H17ClN2O4S. The van der Waals surface area contributed by atoms with Crippen molar-refractivity contribution < 1.29 is 19.4 Å². The minimum absolute atomic E-state index is 0.00193. The number of rotatable bonds is 5. The average Bonchev–Trinajstić information content (AvgIpc) is 3.35. The Bertz CT molecular complexity index is 1160. The quantitative estimate of drug-likeness (QED) is 0.571. The summed E-state index contributed by atoms with van der Waals surface area (Å²) in [4.78, 5) is 31.9. The minimum atomic E-state index is -0.823. The Kier molecular flexibility index (Phi) is 5.32. The van der Waals surface area contributed by atoms with Crippen molar-refractivity contribution in [1.29, 1.82) is 0 Å². The van der Waals surface area contributed by atoms with Crippen molar-refractivity contribution in [1.82, 2.24) is 4.98 Å². The maximum Gasteiger partial charge on any atom is 0.296 e. The third-order valence-electron chi connectivity index (χ3n) is 4.92. The second-order valence-corrected chi connectivity index (χ2v) is 8.03. The van der Waals surface area contributed by atoms with Gasteiger partial charge in [-0.2, -0.15) is 0 Å². The Balaban J connectivity index is 1.85. The highest BCUT2D eigenvalue weighted by molar-refractivity contribution is 7.13. The summed E-state index contributed by atoms with van der Waals surface area (Å²) in [5.74, 6) is -1.04. The molecule has 30 heavy (non-hydrogen) atoms. The first-order chi connectivity index (χ1) is 14.4. The summed E-state index contributed by atoms with van der Waals surface area (Å²) in [6, 6.07) is 11.0. The van der Waals surface area contributed by atoms with Gasteiger partial charge in [0, 0.05) is 22.2 Å². The van der Waals surface area contributed by atoms with Crippen LogP contribution >= 0.6 is 22.9 Å². The number of ether oxygens (including phenoxy) is 1. The van der Waals surface area contributed by atoms with Gasteiger partial charge in [-0.15, -0.1) is 11.3 Å². The van der Waals surface area contributed by atoms with E-state index >= 15 is 0 Å². The first-order valence-electron chi connectivity index (χ1n) is 9.03. The smallest absolute Gasteiger partial charge is 0.296 e. The molecule has 0 fully saturated rings. The zero-order valence-corrected chi connectivity index (χ0v) is 17.7. The highest BCUT2D eigenvalue weighted by Gasteiger charge is 2.45. The van der Waals surface area contributed by atoms with Crippen molar-refractivity contribution in [2.45, 2.75) is 13.0 Å². The van der Waals surface area contributed by atoms with Gasteiger partial charge in [-0.25, -0.2) is 4.98 Å². The van der Waals surface area contributed by atoms with Gasteiger partial charge in [0.05, 0.1) is 18.7 Å². The predicted molar refractivity (Wildman–Crippen MR) is 116 cm³/mol. The number of halogens is 1. The fourth-order valence-electron chi connectivity index (χ4n) is 3.51. The van der Waals surface area contributed by atoms with E-state index in [0.29, 0.717) is 27.0 Å². The zero-order chi connectivity index (χ0) is 21.4. The number of aliphatic hydroxyl groups excluding tert-OH is 1. The monoisotopic (exact) mass is 440 g/mol. The molecular weight excluding hydrogens is 424 g/mol. The number of Topliss-reactive ketones (excluding diaryl/α,β-unsaturated/α-hetero) is 1. The van der Waals surface area contributed by atoms with Gasteiger partial charge >= 0.3 is 0 Å². The van der Waals surface area contributed by atoms with Crippen LogP contribution in [0.2, 0.25) is 5.02 Å². The van der Waals surface area contributed by atoms with Gasteiger partial charge in [0.2, 0.25) is 0 Å². The fraction of sp³-hybridized carbons (Fsp3) is 0.136. The molecule has 1 amide bonds. The van der Waals surface area contributed by atoms with E-state index in [1.165, 1.54) is 16.2 Å². The Hall–Kier alpha value is -3.16. The summed E-state index contributed by atoms with van der Waals surface area (Å²) in [6.45, 7) is 1.82. The summed E-state index contributed by atoms with van der Waals surface area (Å²) in [6.07, 6.45) is 1.57. The van der Waals surface area contributed by atoms with Crippen molar-refractivity contribution in [2.24, 2.45) is 0 Å². The summed E-state index contributed by atoms with van der Waals surface area (Å²) in [5, 5.41) is 13.3. The van der Waals surface area contributed by atoms with Gasteiger partial charge in [0.1, 0.15) is 5.75 Å². The average molecular weight is 441 g/mol. The number of thiazole rings is 1. The molecule has 0 spiro atoms. The van der Waals surface area contributed by atoms with Crippen LogP contribution in [0.5, 0.6) is 5.75 Å². The van der Waals surface area contributed by atoms with Gasteiger partial charge in [0.25, 0.3) is 5.91 Å². The number of hydrogen-bond donors (Lipinski definition) is 1. The van der Waals surface area contributed by atoms with Gasteiger partial charge in [0.15, 0.2) is 16.7 Å². The molecule has 1 atom stereocenters. The van der Waals surface area contributed by atoms with Crippen LogP contribution in [0.3, 0.4) is 0 Å². The van der Waals surface area contributed by atoms with Crippen LogP contribution in [-0.4, -0.2) is 28.9 Å². The molecule has 152 valence electrons. The second kappa shape index (κ2) is 7.93. The van der Waals surface area contributed by atoms with Crippen LogP contribution in [0.15, 0.2) is 65.4 Å². The zero-order valence-electron chi connectivity index (χ0n) is 16.1. The first-order valence-corrected chi connectivity index (χ1v) is 10.3. The normalized spacial score (nSPS) is 16.3. The Morgan fingerprint density at radius 3 is 2.57 bits per heavy atom. The number of aliphatic hydroxyl groups is 1. The lowest BCUT2D eigenvalue weighted by Gasteiger charge is -2.24. The fourth-order valence-corrected chi connectivity index (χ4v) is 4.30. The molecule has 0 bridgehead atoms. The van der Waals surface area contributed by atoms with Crippen molar-refractivity contribution >= 4 is 39.8 Å². The third-order valence-corrected chi connectivity index (χ3v) is 5.94. The van der Waals surface area contributed by atoms with Gasteiger partial charge in [-0.3, -0.25) is 14.5 Å². The summed E-state index contributed by atoms with van der Waals surface area (Å²) >= 11 is 7.27. The van der Waals surface area contributed by atoms with Crippen LogP contribution in [-0.2, 0) is 4.79 Å². The maximum atomic E-state index is 13.4. The van der Waals surface area contributed by atoms with Crippen LogP contribution in [0.25, 0.3) is 0 Å². The molecule has 2 aromatic carbocycles. The van der Waals surface area contributed by atoms with Crippen LogP contribution in [0.4, 0.5) is 5.13 Å². The van der Waals surface area contributed by atoms with Gasteiger partial charge in [-0.05, 0) is 48.4 Å². The number of anilines is 1. The number of carbonyl (C=O) groups excluding carboxylic acids is 2. The van der Waals surface area contributed by atoms with Crippen molar-refractivity contribution in [3.63, 3.8) is 0 Å².